The zero-order valence-electron chi connectivity index (χ0n) is 29.7. The molecule has 278 valence electrons. The average molecular weight is 724 g/mol. The molecule has 14 nitrogen and oxygen atoms in total. The summed E-state index contributed by atoms with van der Waals surface area (Å²) in [4.78, 5) is 59.0. The Hall–Kier alpha value is -5.70. The minimum absolute atomic E-state index is 0.0328. The van der Waals surface area contributed by atoms with E-state index in [0.717, 1.165) is 22.2 Å². The molecule has 0 saturated carbocycles. The second kappa shape index (κ2) is 16.8. The predicted molar refractivity (Wildman–Crippen MR) is 197 cm³/mol. The van der Waals surface area contributed by atoms with Crippen molar-refractivity contribution in [2.24, 2.45) is 7.05 Å². The van der Waals surface area contributed by atoms with Gasteiger partial charge in [0.15, 0.2) is 0 Å². The van der Waals surface area contributed by atoms with Crippen LogP contribution in [0.15, 0.2) is 91.6 Å². The third-order valence-electron chi connectivity index (χ3n) is 9.49. The molecule has 2 atom stereocenters. The SMILES string of the molecule is C=CCN1CC(=O)N2[C@@H](Cc3ccc(O)cc3)C(=O)N(Cc3cccc4c(C(=O)NCCOCCO)cn(C)c34)C[C@@H]2N1C(=O)NCc1ccccc1. The number of nitrogens with zero attached hydrogens (tertiary/aromatic N) is 5. The van der Waals surface area contributed by atoms with Gasteiger partial charge in [0.1, 0.15) is 18.0 Å². The van der Waals surface area contributed by atoms with Crippen LogP contribution in [0.3, 0.4) is 0 Å². The molecule has 0 spiro atoms. The highest BCUT2D eigenvalue weighted by Crippen LogP contribution is 2.31. The number of aromatic hydroxyl groups is 1. The van der Waals surface area contributed by atoms with Gasteiger partial charge in [-0.05, 0) is 28.8 Å². The van der Waals surface area contributed by atoms with Gasteiger partial charge in [-0.3, -0.25) is 14.4 Å². The number of para-hydroxylation sites is 1. The summed E-state index contributed by atoms with van der Waals surface area (Å²) in [5.41, 5.74) is 3.67. The van der Waals surface area contributed by atoms with Crippen molar-refractivity contribution in [3.63, 3.8) is 0 Å². The number of carbonyl (C=O) groups is 4. The lowest BCUT2D eigenvalue weighted by atomic mass is 9.98. The van der Waals surface area contributed by atoms with E-state index in [0.29, 0.717) is 10.9 Å². The first-order valence-corrected chi connectivity index (χ1v) is 17.6. The van der Waals surface area contributed by atoms with E-state index in [1.807, 2.05) is 60.1 Å². The predicted octanol–water partition coefficient (Wildman–Crippen LogP) is 2.36. The number of ether oxygens (including phenoxy) is 1. The third kappa shape index (κ3) is 8.19. The average Bonchev–Trinajstić information content (AvgIpc) is 3.50. The molecule has 3 heterocycles. The molecule has 5 amide bonds. The van der Waals surface area contributed by atoms with Gasteiger partial charge in [-0.2, -0.15) is 0 Å². The van der Waals surface area contributed by atoms with Crippen LogP contribution in [0, 0.1) is 0 Å². The molecule has 2 fully saturated rings. The number of phenols is 1. The quantitative estimate of drug-likeness (QED) is 0.114. The summed E-state index contributed by atoms with van der Waals surface area (Å²) in [5, 5.41) is 28.6. The van der Waals surface area contributed by atoms with Crippen molar-refractivity contribution in [1.82, 2.24) is 35.0 Å². The van der Waals surface area contributed by atoms with E-state index in [4.69, 9.17) is 9.84 Å². The molecule has 0 unspecified atom stereocenters. The van der Waals surface area contributed by atoms with E-state index in [1.165, 1.54) is 22.0 Å². The molecule has 0 bridgehead atoms. The zero-order valence-corrected chi connectivity index (χ0v) is 29.7. The Morgan fingerprint density at radius 1 is 0.981 bits per heavy atom. The van der Waals surface area contributed by atoms with Crippen molar-refractivity contribution in [1.29, 1.82) is 0 Å². The Kier molecular flexibility index (Phi) is 11.7. The number of piperazine rings is 1. The van der Waals surface area contributed by atoms with Crippen molar-refractivity contribution >= 4 is 34.7 Å². The van der Waals surface area contributed by atoms with E-state index < -0.39 is 18.2 Å². The van der Waals surface area contributed by atoms with Gasteiger partial charge >= 0.3 is 6.03 Å². The van der Waals surface area contributed by atoms with Crippen LogP contribution in [-0.4, -0.2) is 117 Å². The first-order chi connectivity index (χ1) is 25.7. The molecule has 3 aromatic carbocycles. The molecule has 1 aromatic heterocycles. The number of benzene rings is 3. The fourth-order valence-corrected chi connectivity index (χ4v) is 7.12. The van der Waals surface area contributed by atoms with E-state index in [2.05, 4.69) is 17.2 Å². The highest BCUT2D eigenvalue weighted by Gasteiger charge is 2.51. The van der Waals surface area contributed by atoms with Crippen LogP contribution in [0.25, 0.3) is 10.9 Å². The normalized spacial score (nSPS) is 17.6. The Morgan fingerprint density at radius 2 is 1.75 bits per heavy atom. The molecule has 4 N–H and O–H groups in total. The van der Waals surface area contributed by atoms with Crippen LogP contribution < -0.4 is 10.6 Å². The number of amides is 5. The van der Waals surface area contributed by atoms with E-state index >= 15 is 0 Å². The van der Waals surface area contributed by atoms with Crippen molar-refractivity contribution in [3.8, 4) is 5.75 Å². The van der Waals surface area contributed by atoms with E-state index in [1.54, 1.807) is 34.3 Å². The monoisotopic (exact) mass is 723 g/mol. The van der Waals surface area contributed by atoms with Crippen molar-refractivity contribution in [2.75, 3.05) is 46.0 Å². The van der Waals surface area contributed by atoms with Crippen LogP contribution in [0.4, 0.5) is 4.79 Å². The number of carbonyl (C=O) groups excluding carboxylic acids is 4. The summed E-state index contributed by atoms with van der Waals surface area (Å²) < 4.78 is 7.12. The molecule has 2 saturated heterocycles. The Morgan fingerprint density at radius 3 is 2.49 bits per heavy atom. The maximum atomic E-state index is 14.6. The number of aliphatic hydroxyl groups excluding tert-OH is 1. The maximum absolute atomic E-state index is 14.6. The largest absolute Gasteiger partial charge is 0.508 e. The van der Waals surface area contributed by atoms with Gasteiger partial charge in [-0.15, -0.1) is 6.58 Å². The van der Waals surface area contributed by atoms with Crippen molar-refractivity contribution < 1.29 is 34.1 Å². The number of hydrazine groups is 1. The van der Waals surface area contributed by atoms with Crippen LogP contribution in [0.2, 0.25) is 0 Å². The molecule has 2 aliphatic rings. The fourth-order valence-electron chi connectivity index (χ4n) is 7.12. The highest BCUT2D eigenvalue weighted by molar-refractivity contribution is 6.07. The second-order valence-electron chi connectivity index (χ2n) is 13.1. The van der Waals surface area contributed by atoms with E-state index in [-0.39, 0.29) is 89.0 Å². The first kappa shape index (κ1) is 37.1. The lowest BCUT2D eigenvalue weighted by molar-refractivity contribution is -0.189. The summed E-state index contributed by atoms with van der Waals surface area (Å²) >= 11 is 0. The molecule has 53 heavy (non-hydrogen) atoms. The number of aromatic nitrogens is 1. The summed E-state index contributed by atoms with van der Waals surface area (Å²) in [5.74, 6) is -0.768. The Balaban J connectivity index is 1.33. The number of phenolic OH excluding ortho intramolecular Hbond substituents is 1. The number of aliphatic hydroxyl groups is 1. The number of aryl methyl sites for hydroxylation is 1. The number of nitrogens with one attached hydrogen (secondary N) is 2. The van der Waals surface area contributed by atoms with Gasteiger partial charge in [0.05, 0.1) is 44.0 Å². The van der Waals surface area contributed by atoms with Crippen LogP contribution in [-0.2, 0) is 40.9 Å². The molecule has 0 radical (unpaired) electrons. The topological polar surface area (TPSA) is 160 Å². The molecule has 14 heteroatoms. The number of hydrogen-bond donors (Lipinski definition) is 4. The summed E-state index contributed by atoms with van der Waals surface area (Å²) in [6.07, 6.45) is 2.71. The highest BCUT2D eigenvalue weighted by atomic mass is 16.5. The van der Waals surface area contributed by atoms with Gasteiger partial charge in [0.2, 0.25) is 11.8 Å². The van der Waals surface area contributed by atoms with Gasteiger partial charge < -0.3 is 40.0 Å². The number of fused-ring (bicyclic) bond motifs is 2. The molecule has 2 aliphatic heterocycles. The van der Waals surface area contributed by atoms with Crippen molar-refractivity contribution in [2.45, 2.75) is 31.7 Å². The van der Waals surface area contributed by atoms with Crippen molar-refractivity contribution in [3.05, 3.63) is 114 Å². The molecule has 6 rings (SSSR count). The Bertz CT molecular complexity index is 1950. The number of urea groups is 1. The van der Waals surface area contributed by atoms with Gasteiger partial charge in [-0.25, -0.2) is 14.8 Å². The second-order valence-corrected chi connectivity index (χ2v) is 13.1. The number of rotatable bonds is 14. The van der Waals surface area contributed by atoms with Crippen LogP contribution >= 0.6 is 0 Å². The molecule has 4 aromatic rings. The smallest absolute Gasteiger partial charge is 0.334 e. The molecule has 0 aliphatic carbocycles. The molecular formula is C39H45N7O7. The van der Waals surface area contributed by atoms with Gasteiger partial charge in [-0.1, -0.05) is 66.7 Å². The summed E-state index contributed by atoms with van der Waals surface area (Å²) in [7, 11) is 1.84. The minimum Gasteiger partial charge on any atom is -0.508 e. The lowest BCUT2D eigenvalue weighted by Crippen LogP contribution is -2.76. The standard InChI is InChI=1S/C39H45N7O7/c1-3-17-44-26-35(49)45-33(21-27-12-14-30(48)15-13-27)38(51)43(25-34(45)46(44)39(52)41-22-28-8-5-4-6-9-28)23-29-10-7-11-31-32(24-42(2)36(29)31)37(50)40-16-19-53-20-18-47/h3-15,24,33-34,47-48H,1,16-23,25-26H2,2H3,(H,40,50)(H,41,52)/t33-,34-/m0/s1. The minimum atomic E-state index is -0.942. The van der Waals surface area contributed by atoms with Gasteiger partial charge in [0.25, 0.3) is 5.91 Å². The first-order valence-electron chi connectivity index (χ1n) is 17.6. The maximum Gasteiger partial charge on any atom is 0.334 e. The molecular weight excluding hydrogens is 678 g/mol. The fraction of sp³-hybridized carbons (Fsp3) is 0.333. The summed E-state index contributed by atoms with van der Waals surface area (Å²) in [6, 6.07) is 20.3. The third-order valence-corrected chi connectivity index (χ3v) is 9.49. The number of hydrogen-bond acceptors (Lipinski definition) is 8. The van der Waals surface area contributed by atoms with E-state index in [9.17, 15) is 24.3 Å². The lowest BCUT2D eigenvalue weighted by Gasteiger charge is -2.55. The summed E-state index contributed by atoms with van der Waals surface area (Å²) in [6.45, 7) is 5.03. The van der Waals surface area contributed by atoms with Gasteiger partial charge in [0, 0.05) is 51.2 Å². The van der Waals surface area contributed by atoms with Crippen LogP contribution in [0.1, 0.15) is 27.0 Å². The zero-order chi connectivity index (χ0) is 37.5. The Labute approximate surface area is 307 Å². The van der Waals surface area contributed by atoms with Crippen LogP contribution in [0.5, 0.6) is 5.75 Å².